The van der Waals surface area contributed by atoms with E-state index in [1.54, 1.807) is 24.3 Å². The first-order valence-electron chi connectivity index (χ1n) is 6.81. The first-order chi connectivity index (χ1) is 11.6. The summed E-state index contributed by atoms with van der Waals surface area (Å²) in [6, 6.07) is 12.4. The number of hydrogen-bond acceptors (Lipinski definition) is 5. The highest BCUT2D eigenvalue weighted by atomic mass is 19.3. The van der Waals surface area contributed by atoms with E-state index in [1.807, 2.05) is 0 Å². The van der Waals surface area contributed by atoms with Gasteiger partial charge in [-0.1, -0.05) is 6.07 Å². The number of amides is 1. The summed E-state index contributed by atoms with van der Waals surface area (Å²) in [5, 5.41) is 13.5. The Labute approximate surface area is 134 Å². The number of aromatic nitrogens is 4. The van der Waals surface area contributed by atoms with Gasteiger partial charge in [0.1, 0.15) is 12.1 Å². The van der Waals surface area contributed by atoms with Crippen LogP contribution in [0, 0.1) is 0 Å². The number of alkyl halides is 2. The molecule has 0 saturated carbocycles. The lowest BCUT2D eigenvalue weighted by Crippen LogP contribution is -2.12. The lowest BCUT2D eigenvalue weighted by atomic mass is 10.2. The molecule has 3 rings (SSSR count). The predicted octanol–water partition coefficient (Wildman–Crippen LogP) is 2.52. The van der Waals surface area contributed by atoms with Crippen molar-refractivity contribution < 1.29 is 18.3 Å². The van der Waals surface area contributed by atoms with Crippen molar-refractivity contribution in [3.8, 4) is 11.4 Å². The number of benzene rings is 2. The maximum Gasteiger partial charge on any atom is 0.387 e. The minimum Gasteiger partial charge on any atom is -0.435 e. The first kappa shape index (κ1) is 15.5. The molecule has 1 amide bonds. The Morgan fingerprint density at radius 1 is 1.17 bits per heavy atom. The fraction of sp³-hybridized carbons (Fsp3) is 0.0667. The highest BCUT2D eigenvalue weighted by Crippen LogP contribution is 2.18. The van der Waals surface area contributed by atoms with Gasteiger partial charge in [0.05, 0.1) is 5.69 Å². The standard InChI is InChI=1S/C15H11F2N5O2/c16-15(17)24-13-6-4-11(5-7-13)19-14(23)10-2-1-3-12(8-10)22-9-18-20-21-22/h1-9,15H,(H,19,23). The van der Waals surface area contributed by atoms with Gasteiger partial charge >= 0.3 is 6.61 Å². The van der Waals surface area contributed by atoms with Crippen molar-refractivity contribution in [2.45, 2.75) is 6.61 Å². The third-order valence-electron chi connectivity index (χ3n) is 3.06. The normalized spacial score (nSPS) is 10.6. The van der Waals surface area contributed by atoms with Crippen LogP contribution in [0.15, 0.2) is 54.9 Å². The second kappa shape index (κ2) is 6.82. The van der Waals surface area contributed by atoms with Crippen LogP contribution in [0.3, 0.4) is 0 Å². The fourth-order valence-corrected chi connectivity index (χ4v) is 1.99. The molecule has 0 saturated heterocycles. The van der Waals surface area contributed by atoms with E-state index in [-0.39, 0.29) is 11.7 Å². The average molecular weight is 331 g/mol. The highest BCUT2D eigenvalue weighted by Gasteiger charge is 2.09. The second-order valence-electron chi connectivity index (χ2n) is 4.66. The Morgan fingerprint density at radius 3 is 2.62 bits per heavy atom. The molecule has 0 aliphatic rings. The van der Waals surface area contributed by atoms with Gasteiger partial charge in [-0.2, -0.15) is 8.78 Å². The molecular weight excluding hydrogens is 320 g/mol. The van der Waals surface area contributed by atoms with Crippen molar-refractivity contribution in [3.63, 3.8) is 0 Å². The molecule has 0 spiro atoms. The number of anilines is 1. The molecule has 9 heteroatoms. The average Bonchev–Trinajstić information content (AvgIpc) is 3.11. The molecule has 24 heavy (non-hydrogen) atoms. The van der Waals surface area contributed by atoms with Gasteiger partial charge in [0.15, 0.2) is 0 Å². The summed E-state index contributed by atoms with van der Waals surface area (Å²) in [6.07, 6.45) is 1.42. The maximum atomic E-state index is 12.3. The van der Waals surface area contributed by atoms with Crippen LogP contribution in [0.4, 0.5) is 14.5 Å². The molecule has 0 bridgehead atoms. The minimum atomic E-state index is -2.89. The topological polar surface area (TPSA) is 81.9 Å². The van der Waals surface area contributed by atoms with Gasteiger partial charge in [0.2, 0.25) is 0 Å². The molecule has 0 fully saturated rings. The van der Waals surface area contributed by atoms with Crippen LogP contribution in [-0.4, -0.2) is 32.7 Å². The van der Waals surface area contributed by atoms with Gasteiger partial charge in [-0.05, 0) is 52.9 Å². The van der Waals surface area contributed by atoms with Gasteiger partial charge in [-0.15, -0.1) is 5.10 Å². The van der Waals surface area contributed by atoms with E-state index in [0.717, 1.165) is 0 Å². The smallest absolute Gasteiger partial charge is 0.387 e. The number of hydrogen-bond donors (Lipinski definition) is 1. The van der Waals surface area contributed by atoms with E-state index in [0.29, 0.717) is 16.9 Å². The van der Waals surface area contributed by atoms with Gasteiger partial charge in [0, 0.05) is 11.3 Å². The molecule has 2 aromatic carbocycles. The van der Waals surface area contributed by atoms with Gasteiger partial charge < -0.3 is 10.1 Å². The van der Waals surface area contributed by atoms with E-state index in [1.165, 1.54) is 35.3 Å². The van der Waals surface area contributed by atoms with Crippen LogP contribution < -0.4 is 10.1 Å². The number of nitrogens with one attached hydrogen (secondary N) is 1. The Morgan fingerprint density at radius 2 is 1.96 bits per heavy atom. The number of nitrogens with zero attached hydrogens (tertiary/aromatic N) is 4. The van der Waals surface area contributed by atoms with Crippen molar-refractivity contribution in [2.75, 3.05) is 5.32 Å². The monoisotopic (exact) mass is 331 g/mol. The fourth-order valence-electron chi connectivity index (χ4n) is 1.99. The van der Waals surface area contributed by atoms with Crippen molar-refractivity contribution in [2.24, 2.45) is 0 Å². The molecule has 0 aliphatic carbocycles. The van der Waals surface area contributed by atoms with E-state index < -0.39 is 6.61 Å². The summed E-state index contributed by atoms with van der Waals surface area (Å²) in [7, 11) is 0. The third kappa shape index (κ3) is 3.69. The minimum absolute atomic E-state index is 0.0173. The zero-order valence-corrected chi connectivity index (χ0v) is 12.1. The lowest BCUT2D eigenvalue weighted by molar-refractivity contribution is -0.0498. The number of ether oxygens (including phenoxy) is 1. The van der Waals surface area contributed by atoms with Crippen molar-refractivity contribution in [1.29, 1.82) is 0 Å². The summed E-state index contributed by atoms with van der Waals surface area (Å²) >= 11 is 0. The molecule has 0 unspecified atom stereocenters. The summed E-state index contributed by atoms with van der Waals surface area (Å²) in [6.45, 7) is -2.89. The Hall–Kier alpha value is -3.36. The highest BCUT2D eigenvalue weighted by molar-refractivity contribution is 6.04. The molecule has 3 aromatic rings. The van der Waals surface area contributed by atoms with Gasteiger partial charge in [-0.25, -0.2) is 4.68 Å². The Bertz CT molecular complexity index is 822. The zero-order chi connectivity index (χ0) is 16.9. The van der Waals surface area contributed by atoms with E-state index >= 15 is 0 Å². The molecule has 0 radical (unpaired) electrons. The second-order valence-corrected chi connectivity index (χ2v) is 4.66. The number of halogens is 2. The summed E-state index contributed by atoms with van der Waals surface area (Å²) in [4.78, 5) is 12.3. The van der Waals surface area contributed by atoms with E-state index in [2.05, 4.69) is 25.6 Å². The van der Waals surface area contributed by atoms with Crippen molar-refractivity contribution in [3.05, 3.63) is 60.4 Å². The summed E-state index contributed by atoms with van der Waals surface area (Å²) < 4.78 is 29.9. The number of rotatable bonds is 5. The maximum absolute atomic E-state index is 12.3. The third-order valence-corrected chi connectivity index (χ3v) is 3.06. The van der Waals surface area contributed by atoms with Crippen LogP contribution in [0.5, 0.6) is 5.75 Å². The largest absolute Gasteiger partial charge is 0.435 e. The van der Waals surface area contributed by atoms with Crippen molar-refractivity contribution in [1.82, 2.24) is 20.2 Å². The Balaban J connectivity index is 1.72. The molecule has 1 heterocycles. The molecular formula is C15H11F2N5O2. The van der Waals surface area contributed by atoms with Gasteiger partial charge in [-0.3, -0.25) is 4.79 Å². The van der Waals surface area contributed by atoms with Crippen LogP contribution in [0.25, 0.3) is 5.69 Å². The van der Waals surface area contributed by atoms with E-state index in [4.69, 9.17) is 0 Å². The van der Waals surface area contributed by atoms with Crippen LogP contribution in [0.2, 0.25) is 0 Å². The van der Waals surface area contributed by atoms with Crippen molar-refractivity contribution >= 4 is 11.6 Å². The SMILES string of the molecule is O=C(Nc1ccc(OC(F)F)cc1)c1cccc(-n2cnnn2)c1. The molecule has 122 valence electrons. The number of carbonyl (C=O) groups excluding carboxylic acids is 1. The number of tetrazole rings is 1. The first-order valence-corrected chi connectivity index (χ1v) is 6.81. The molecule has 1 N–H and O–H groups in total. The summed E-state index contributed by atoms with van der Waals surface area (Å²) in [5.41, 5.74) is 1.48. The molecule has 0 aliphatic heterocycles. The van der Waals surface area contributed by atoms with Gasteiger partial charge in [0.25, 0.3) is 5.91 Å². The van der Waals surface area contributed by atoms with Crippen LogP contribution in [-0.2, 0) is 0 Å². The van der Waals surface area contributed by atoms with E-state index in [9.17, 15) is 13.6 Å². The lowest BCUT2D eigenvalue weighted by Gasteiger charge is -2.08. The number of carbonyl (C=O) groups is 1. The molecule has 7 nitrogen and oxygen atoms in total. The van der Waals surface area contributed by atoms with Crippen LogP contribution in [0.1, 0.15) is 10.4 Å². The zero-order valence-electron chi connectivity index (χ0n) is 12.1. The Kier molecular flexibility index (Phi) is 4.41. The predicted molar refractivity (Wildman–Crippen MR) is 80.2 cm³/mol. The summed E-state index contributed by atoms with van der Waals surface area (Å²) in [5.74, 6) is -0.337. The molecule has 0 atom stereocenters. The quantitative estimate of drug-likeness (QED) is 0.777. The van der Waals surface area contributed by atoms with Crippen LogP contribution >= 0.6 is 0 Å². The molecule has 1 aromatic heterocycles.